The molecule has 1 amide bonds. The maximum Gasteiger partial charge on any atom is 0.221 e. The molecule has 1 aromatic carbocycles. The minimum absolute atomic E-state index is 0.0827. The van der Waals surface area contributed by atoms with Crippen molar-refractivity contribution >= 4 is 33.2 Å². The molecule has 1 rings (SSSR count). The van der Waals surface area contributed by atoms with Gasteiger partial charge in [-0.15, -0.1) is 0 Å². The van der Waals surface area contributed by atoms with Gasteiger partial charge in [-0.3, -0.25) is 4.79 Å². The van der Waals surface area contributed by atoms with E-state index in [0.717, 1.165) is 41.7 Å². The number of carbonyl (C=O) groups excluding carboxylic acids is 1. The predicted molar refractivity (Wildman–Crippen MR) is 77.9 cm³/mol. The average molecular weight is 315 g/mol. The molecule has 0 aliphatic heterocycles. The average Bonchev–Trinajstić information content (AvgIpc) is 2.31. The zero-order valence-electron chi connectivity index (χ0n) is 10.5. The second-order valence-corrected chi connectivity index (χ2v) is 5.00. The Morgan fingerprint density at radius 3 is 2.72 bits per heavy atom. The number of nitrogens with one attached hydrogen (secondary N) is 2. The van der Waals surface area contributed by atoms with Gasteiger partial charge in [0.15, 0.2) is 0 Å². The third-order valence-corrected chi connectivity index (χ3v) is 2.94. The number of hydrogen-bond acceptors (Lipinski definition) is 3. The molecule has 0 aliphatic rings. The van der Waals surface area contributed by atoms with Crippen LogP contribution < -0.4 is 10.6 Å². The fraction of sp³-hybridized carbons (Fsp3) is 0.462. The van der Waals surface area contributed by atoms with Gasteiger partial charge in [-0.25, -0.2) is 0 Å². The van der Waals surface area contributed by atoms with Crippen molar-refractivity contribution in [1.82, 2.24) is 0 Å². The predicted octanol–water partition coefficient (Wildman–Crippen LogP) is 2.98. The van der Waals surface area contributed by atoms with Crippen LogP contribution in [0.5, 0.6) is 0 Å². The van der Waals surface area contributed by atoms with Crippen LogP contribution in [0.25, 0.3) is 0 Å². The summed E-state index contributed by atoms with van der Waals surface area (Å²) >= 11 is 3.41. The third kappa shape index (κ3) is 5.51. The summed E-state index contributed by atoms with van der Waals surface area (Å²) in [6.07, 6.45) is 2.82. The molecular weight excluding hydrogens is 296 g/mol. The van der Waals surface area contributed by atoms with Crippen LogP contribution in [0.1, 0.15) is 26.2 Å². The van der Waals surface area contributed by atoms with Crippen molar-refractivity contribution < 1.29 is 9.90 Å². The Kier molecular flexibility index (Phi) is 6.75. The molecule has 0 bridgehead atoms. The lowest BCUT2D eigenvalue weighted by Gasteiger charge is -2.12. The number of aliphatic hydroxyl groups is 1. The summed E-state index contributed by atoms with van der Waals surface area (Å²) in [5.41, 5.74) is 1.69. The van der Waals surface area contributed by atoms with E-state index in [-0.39, 0.29) is 12.5 Å². The molecule has 0 aromatic heterocycles. The number of anilines is 2. The van der Waals surface area contributed by atoms with Gasteiger partial charge in [0.05, 0.1) is 11.4 Å². The molecule has 0 atom stereocenters. The number of unbranched alkanes of at least 4 members (excludes halogenated alkanes) is 2. The summed E-state index contributed by atoms with van der Waals surface area (Å²) in [6, 6.07) is 5.70. The van der Waals surface area contributed by atoms with Crippen LogP contribution >= 0.6 is 15.9 Å². The summed E-state index contributed by atoms with van der Waals surface area (Å²) in [5.74, 6) is -0.0827. The molecule has 0 unspecified atom stereocenters. The van der Waals surface area contributed by atoms with Crippen molar-refractivity contribution in [2.75, 3.05) is 23.8 Å². The van der Waals surface area contributed by atoms with E-state index in [1.807, 2.05) is 18.2 Å². The van der Waals surface area contributed by atoms with Gasteiger partial charge in [0, 0.05) is 24.5 Å². The van der Waals surface area contributed by atoms with Crippen LogP contribution in [0.3, 0.4) is 0 Å². The molecule has 100 valence electrons. The van der Waals surface area contributed by atoms with Gasteiger partial charge < -0.3 is 15.7 Å². The SMILES string of the molecule is CC(=O)Nc1ccc(Br)cc1NCCCCCO. The zero-order chi connectivity index (χ0) is 13.4. The number of amides is 1. The van der Waals surface area contributed by atoms with E-state index in [1.165, 1.54) is 6.92 Å². The number of benzene rings is 1. The first kappa shape index (κ1) is 15.0. The minimum atomic E-state index is -0.0827. The highest BCUT2D eigenvalue weighted by Crippen LogP contribution is 2.26. The largest absolute Gasteiger partial charge is 0.396 e. The quantitative estimate of drug-likeness (QED) is 0.678. The van der Waals surface area contributed by atoms with Crippen molar-refractivity contribution in [3.63, 3.8) is 0 Å². The monoisotopic (exact) mass is 314 g/mol. The van der Waals surface area contributed by atoms with Gasteiger partial charge in [0.1, 0.15) is 0 Å². The lowest BCUT2D eigenvalue weighted by Crippen LogP contribution is -2.10. The number of hydrogen-bond donors (Lipinski definition) is 3. The van der Waals surface area contributed by atoms with Crippen molar-refractivity contribution in [1.29, 1.82) is 0 Å². The summed E-state index contributed by atoms with van der Waals surface area (Å²) in [5, 5.41) is 14.8. The van der Waals surface area contributed by atoms with Gasteiger partial charge in [0.2, 0.25) is 5.91 Å². The molecule has 18 heavy (non-hydrogen) atoms. The van der Waals surface area contributed by atoms with Crippen molar-refractivity contribution in [2.45, 2.75) is 26.2 Å². The first-order valence-electron chi connectivity index (χ1n) is 6.05. The number of rotatable bonds is 7. The van der Waals surface area contributed by atoms with E-state index < -0.39 is 0 Å². The Morgan fingerprint density at radius 2 is 2.06 bits per heavy atom. The molecule has 0 spiro atoms. The fourth-order valence-corrected chi connectivity index (χ4v) is 1.96. The highest BCUT2D eigenvalue weighted by Gasteiger charge is 2.04. The van der Waals surface area contributed by atoms with Gasteiger partial charge >= 0.3 is 0 Å². The van der Waals surface area contributed by atoms with E-state index in [2.05, 4.69) is 26.6 Å². The Morgan fingerprint density at radius 1 is 1.28 bits per heavy atom. The normalized spacial score (nSPS) is 10.2. The van der Waals surface area contributed by atoms with E-state index in [4.69, 9.17) is 5.11 Å². The first-order valence-corrected chi connectivity index (χ1v) is 6.84. The molecule has 0 saturated heterocycles. The second-order valence-electron chi connectivity index (χ2n) is 4.08. The fourth-order valence-electron chi connectivity index (χ4n) is 1.60. The summed E-state index contributed by atoms with van der Waals surface area (Å²) in [7, 11) is 0. The number of halogens is 1. The van der Waals surface area contributed by atoms with Crippen LogP contribution in [0.4, 0.5) is 11.4 Å². The summed E-state index contributed by atoms with van der Waals surface area (Å²) in [4.78, 5) is 11.1. The number of carbonyl (C=O) groups is 1. The maximum absolute atomic E-state index is 11.1. The smallest absolute Gasteiger partial charge is 0.221 e. The van der Waals surface area contributed by atoms with E-state index in [9.17, 15) is 4.79 Å². The molecule has 0 fully saturated rings. The third-order valence-electron chi connectivity index (χ3n) is 2.44. The summed E-state index contributed by atoms with van der Waals surface area (Å²) in [6.45, 7) is 2.56. The van der Waals surface area contributed by atoms with Crippen molar-refractivity contribution in [3.05, 3.63) is 22.7 Å². The highest BCUT2D eigenvalue weighted by molar-refractivity contribution is 9.10. The van der Waals surface area contributed by atoms with Gasteiger partial charge in [-0.2, -0.15) is 0 Å². The second kappa shape index (κ2) is 8.11. The summed E-state index contributed by atoms with van der Waals surface area (Å²) < 4.78 is 0.967. The number of aliphatic hydroxyl groups excluding tert-OH is 1. The van der Waals surface area contributed by atoms with E-state index >= 15 is 0 Å². The Labute approximate surface area is 116 Å². The molecule has 5 heteroatoms. The van der Waals surface area contributed by atoms with Crippen molar-refractivity contribution in [2.24, 2.45) is 0 Å². The Bertz CT molecular complexity index is 397. The zero-order valence-corrected chi connectivity index (χ0v) is 12.1. The lowest BCUT2D eigenvalue weighted by atomic mass is 10.2. The highest BCUT2D eigenvalue weighted by atomic mass is 79.9. The van der Waals surface area contributed by atoms with Crippen LogP contribution in [0.15, 0.2) is 22.7 Å². The molecule has 3 N–H and O–H groups in total. The van der Waals surface area contributed by atoms with Crippen LogP contribution in [-0.4, -0.2) is 24.2 Å². The van der Waals surface area contributed by atoms with Gasteiger partial charge in [-0.05, 0) is 37.5 Å². The molecule has 0 radical (unpaired) electrons. The first-order chi connectivity index (χ1) is 8.63. The lowest BCUT2D eigenvalue weighted by molar-refractivity contribution is -0.114. The molecule has 4 nitrogen and oxygen atoms in total. The van der Waals surface area contributed by atoms with Crippen LogP contribution in [-0.2, 0) is 4.79 Å². The molecule has 0 aliphatic carbocycles. The standard InChI is InChI=1S/C13H19BrN2O2/c1-10(18)16-12-6-5-11(14)9-13(12)15-7-3-2-4-8-17/h5-6,9,15,17H,2-4,7-8H2,1H3,(H,16,18). The van der Waals surface area contributed by atoms with Gasteiger partial charge in [0.25, 0.3) is 0 Å². The molecule has 1 aromatic rings. The van der Waals surface area contributed by atoms with E-state index in [1.54, 1.807) is 0 Å². The van der Waals surface area contributed by atoms with Gasteiger partial charge in [-0.1, -0.05) is 15.9 Å². The topological polar surface area (TPSA) is 61.4 Å². The molecule has 0 saturated carbocycles. The minimum Gasteiger partial charge on any atom is -0.396 e. The Hall–Kier alpha value is -1.07. The molecule has 0 heterocycles. The Balaban J connectivity index is 2.56. The van der Waals surface area contributed by atoms with Crippen molar-refractivity contribution in [3.8, 4) is 0 Å². The maximum atomic E-state index is 11.1. The van der Waals surface area contributed by atoms with Crippen LogP contribution in [0.2, 0.25) is 0 Å². The molecular formula is C13H19BrN2O2. The van der Waals surface area contributed by atoms with Crippen LogP contribution in [0, 0.1) is 0 Å². The van der Waals surface area contributed by atoms with E-state index in [0.29, 0.717) is 0 Å².